The number of fused-ring (bicyclic) bond motifs is 1. The van der Waals surface area contributed by atoms with E-state index in [0.29, 0.717) is 13.0 Å². The second-order valence-electron chi connectivity index (χ2n) is 7.74. The molecule has 0 spiro atoms. The number of piperidine rings is 1. The number of aryl methyl sites for hydroxylation is 1. The van der Waals surface area contributed by atoms with Crippen LogP contribution in [0.4, 0.5) is 0 Å². The lowest BCUT2D eigenvalue weighted by Crippen LogP contribution is -3.12. The van der Waals surface area contributed by atoms with E-state index in [1.54, 1.807) is 9.58 Å². The van der Waals surface area contributed by atoms with Gasteiger partial charge < -0.3 is 4.90 Å². The molecule has 0 unspecified atom stereocenters. The minimum atomic E-state index is 0.0177. The van der Waals surface area contributed by atoms with Gasteiger partial charge in [0.15, 0.2) is 0 Å². The van der Waals surface area contributed by atoms with Gasteiger partial charge in [-0.15, -0.1) is 0 Å². The van der Waals surface area contributed by atoms with Crippen LogP contribution < -0.4 is 10.5 Å². The number of rotatable bonds is 6. The third kappa shape index (κ3) is 4.45. The standard InChI is InChI=1S/C23H26ClN3O/c24-19-11-9-18(10-12-19)17-22-20-7-2-3-8-21(20)23(28)27(25-22)16-6-15-26-13-4-1-5-14-26/h2-3,7-12H,1,4-6,13-17H2/p+1. The van der Waals surface area contributed by atoms with Gasteiger partial charge in [0, 0.05) is 23.3 Å². The summed E-state index contributed by atoms with van der Waals surface area (Å²) in [5.74, 6) is 0. The van der Waals surface area contributed by atoms with E-state index in [4.69, 9.17) is 16.7 Å². The molecule has 0 aliphatic carbocycles. The molecule has 0 amide bonds. The molecular formula is C23H27ClN3O+. The molecule has 3 aromatic rings. The Morgan fingerprint density at radius 3 is 2.43 bits per heavy atom. The lowest BCUT2D eigenvalue weighted by atomic mass is 10.0. The van der Waals surface area contributed by atoms with Crippen molar-refractivity contribution in [3.63, 3.8) is 0 Å². The number of likely N-dealkylation sites (tertiary alicyclic amines) is 1. The van der Waals surface area contributed by atoms with Crippen molar-refractivity contribution < 1.29 is 4.90 Å². The van der Waals surface area contributed by atoms with Gasteiger partial charge in [0.1, 0.15) is 0 Å². The van der Waals surface area contributed by atoms with Crippen LogP contribution in [0.15, 0.2) is 53.3 Å². The summed E-state index contributed by atoms with van der Waals surface area (Å²) in [6, 6.07) is 15.7. The van der Waals surface area contributed by atoms with Crippen molar-refractivity contribution >= 4 is 22.4 Å². The zero-order valence-corrected chi connectivity index (χ0v) is 16.9. The molecule has 1 aromatic heterocycles. The van der Waals surface area contributed by atoms with Gasteiger partial charge in [-0.25, -0.2) is 4.68 Å². The number of hydrogen-bond donors (Lipinski definition) is 1. The SMILES string of the molecule is O=c1c2ccccc2c(Cc2ccc(Cl)cc2)nn1CCC[NH+]1CCCCC1. The van der Waals surface area contributed by atoms with Crippen molar-refractivity contribution in [2.45, 2.75) is 38.6 Å². The number of nitrogens with one attached hydrogen (secondary N) is 1. The van der Waals surface area contributed by atoms with E-state index in [1.807, 2.05) is 48.5 Å². The van der Waals surface area contributed by atoms with Crippen LogP contribution in [0.5, 0.6) is 0 Å². The number of halogens is 1. The van der Waals surface area contributed by atoms with Crippen LogP contribution in [0.3, 0.4) is 0 Å². The summed E-state index contributed by atoms with van der Waals surface area (Å²) in [6.45, 7) is 4.33. The maximum absolute atomic E-state index is 12.9. The Kier molecular flexibility index (Phi) is 6.08. The molecule has 5 heteroatoms. The molecule has 4 rings (SSSR count). The Labute approximate surface area is 170 Å². The van der Waals surface area contributed by atoms with Crippen LogP contribution in [-0.2, 0) is 13.0 Å². The Hall–Kier alpha value is -2.17. The summed E-state index contributed by atoms with van der Waals surface area (Å²) in [5.41, 5.74) is 2.11. The fourth-order valence-electron chi connectivity index (χ4n) is 4.16. The third-order valence-corrected chi connectivity index (χ3v) is 5.94. The van der Waals surface area contributed by atoms with E-state index >= 15 is 0 Å². The normalized spacial score (nSPS) is 15.2. The second-order valence-corrected chi connectivity index (χ2v) is 8.17. The van der Waals surface area contributed by atoms with Crippen molar-refractivity contribution in [1.82, 2.24) is 9.78 Å². The first-order valence-corrected chi connectivity index (χ1v) is 10.7. The maximum atomic E-state index is 12.9. The summed E-state index contributed by atoms with van der Waals surface area (Å²) < 4.78 is 1.68. The van der Waals surface area contributed by atoms with E-state index in [2.05, 4.69) is 0 Å². The lowest BCUT2D eigenvalue weighted by molar-refractivity contribution is -0.905. The average molecular weight is 397 g/mol. The predicted molar refractivity (Wildman–Crippen MR) is 114 cm³/mol. The van der Waals surface area contributed by atoms with Crippen molar-refractivity contribution in [2.24, 2.45) is 0 Å². The van der Waals surface area contributed by atoms with Crippen LogP contribution >= 0.6 is 11.6 Å². The third-order valence-electron chi connectivity index (χ3n) is 5.69. The van der Waals surface area contributed by atoms with Gasteiger partial charge in [0.25, 0.3) is 5.56 Å². The summed E-state index contributed by atoms with van der Waals surface area (Å²) in [7, 11) is 0. The Balaban J connectivity index is 1.58. The van der Waals surface area contributed by atoms with Crippen molar-refractivity contribution in [2.75, 3.05) is 19.6 Å². The molecule has 1 N–H and O–H groups in total. The molecule has 0 atom stereocenters. The van der Waals surface area contributed by atoms with E-state index in [0.717, 1.165) is 40.0 Å². The molecule has 28 heavy (non-hydrogen) atoms. The van der Waals surface area contributed by atoms with E-state index in [9.17, 15) is 4.79 Å². The number of aromatic nitrogens is 2. The van der Waals surface area contributed by atoms with Crippen molar-refractivity contribution in [3.8, 4) is 0 Å². The van der Waals surface area contributed by atoms with Crippen LogP contribution in [0.1, 0.15) is 36.9 Å². The van der Waals surface area contributed by atoms with E-state index in [1.165, 1.54) is 32.4 Å². The minimum Gasteiger partial charge on any atom is -0.335 e. The lowest BCUT2D eigenvalue weighted by Gasteiger charge is -2.23. The molecule has 4 nitrogen and oxygen atoms in total. The second kappa shape index (κ2) is 8.89. The fraction of sp³-hybridized carbons (Fsp3) is 0.391. The largest absolute Gasteiger partial charge is 0.335 e. The van der Waals surface area contributed by atoms with Gasteiger partial charge in [-0.3, -0.25) is 4.79 Å². The van der Waals surface area contributed by atoms with Crippen molar-refractivity contribution in [3.05, 3.63) is 75.2 Å². The first kappa shape index (κ1) is 19.2. The first-order valence-electron chi connectivity index (χ1n) is 10.3. The molecule has 146 valence electrons. The highest BCUT2D eigenvalue weighted by Gasteiger charge is 2.14. The van der Waals surface area contributed by atoms with Gasteiger partial charge in [-0.05, 0) is 43.0 Å². The van der Waals surface area contributed by atoms with E-state index in [-0.39, 0.29) is 5.56 Å². The highest BCUT2D eigenvalue weighted by atomic mass is 35.5. The molecule has 1 aliphatic heterocycles. The summed E-state index contributed by atoms with van der Waals surface area (Å²) in [4.78, 5) is 14.6. The molecule has 0 saturated carbocycles. The number of benzene rings is 2. The summed E-state index contributed by atoms with van der Waals surface area (Å²) >= 11 is 6.01. The maximum Gasteiger partial charge on any atom is 0.274 e. The minimum absolute atomic E-state index is 0.0177. The quantitative estimate of drug-likeness (QED) is 0.695. The highest BCUT2D eigenvalue weighted by Crippen LogP contribution is 2.18. The zero-order valence-electron chi connectivity index (χ0n) is 16.2. The number of quaternary nitrogens is 1. The van der Waals surface area contributed by atoms with Crippen LogP contribution in [0.2, 0.25) is 5.02 Å². The Morgan fingerprint density at radius 1 is 0.964 bits per heavy atom. The fourth-order valence-corrected chi connectivity index (χ4v) is 4.29. The van der Waals surface area contributed by atoms with Gasteiger partial charge in [-0.1, -0.05) is 41.9 Å². The van der Waals surface area contributed by atoms with Crippen molar-refractivity contribution in [1.29, 1.82) is 0 Å². The number of hydrogen-bond acceptors (Lipinski definition) is 2. The molecule has 1 aliphatic rings. The monoisotopic (exact) mass is 396 g/mol. The van der Waals surface area contributed by atoms with Crippen LogP contribution in [-0.4, -0.2) is 29.4 Å². The Morgan fingerprint density at radius 2 is 1.68 bits per heavy atom. The van der Waals surface area contributed by atoms with Gasteiger partial charge in [0.05, 0.1) is 37.3 Å². The molecule has 1 saturated heterocycles. The topological polar surface area (TPSA) is 39.3 Å². The summed E-state index contributed by atoms with van der Waals surface area (Å²) in [5, 5.41) is 7.19. The number of nitrogens with zero attached hydrogens (tertiary/aromatic N) is 2. The predicted octanol–water partition coefficient (Wildman–Crippen LogP) is 3.10. The molecule has 2 heterocycles. The molecule has 1 fully saturated rings. The Bertz CT molecular complexity index is 991. The molecular weight excluding hydrogens is 370 g/mol. The zero-order chi connectivity index (χ0) is 19.3. The molecule has 2 aromatic carbocycles. The molecule has 0 radical (unpaired) electrons. The average Bonchev–Trinajstić information content (AvgIpc) is 2.73. The van der Waals surface area contributed by atoms with Crippen LogP contribution in [0.25, 0.3) is 10.8 Å². The highest BCUT2D eigenvalue weighted by molar-refractivity contribution is 6.30. The van der Waals surface area contributed by atoms with Gasteiger partial charge >= 0.3 is 0 Å². The van der Waals surface area contributed by atoms with Crippen LogP contribution in [0, 0.1) is 0 Å². The van der Waals surface area contributed by atoms with Gasteiger partial charge in [-0.2, -0.15) is 5.10 Å². The smallest absolute Gasteiger partial charge is 0.274 e. The molecule has 0 bridgehead atoms. The summed E-state index contributed by atoms with van der Waals surface area (Å²) in [6.07, 6.45) is 5.70. The first-order chi connectivity index (χ1) is 13.7. The van der Waals surface area contributed by atoms with E-state index < -0.39 is 0 Å². The van der Waals surface area contributed by atoms with Gasteiger partial charge in [0.2, 0.25) is 0 Å².